The smallest absolute Gasteiger partial charge is 0.408 e. The Bertz CT molecular complexity index is 1530. The number of rotatable bonds is 7. The van der Waals surface area contributed by atoms with Crippen molar-refractivity contribution in [2.45, 2.75) is 59.1 Å². The lowest BCUT2D eigenvalue weighted by Crippen LogP contribution is -2.46. The second-order valence-corrected chi connectivity index (χ2v) is 10.5. The molecule has 202 valence electrons. The third-order valence-electron chi connectivity index (χ3n) is 6.35. The van der Waals surface area contributed by atoms with Crippen LogP contribution in [0.5, 0.6) is 5.75 Å². The number of carbonyl (C=O) groups excluding carboxylic acids is 2. The molecule has 1 aromatic heterocycles. The quantitative estimate of drug-likeness (QED) is 0.179. The van der Waals surface area contributed by atoms with Gasteiger partial charge in [0.1, 0.15) is 23.0 Å². The number of amides is 1. The van der Waals surface area contributed by atoms with Crippen LogP contribution < -0.4 is 15.7 Å². The van der Waals surface area contributed by atoms with Gasteiger partial charge in [-0.1, -0.05) is 60.7 Å². The minimum Gasteiger partial charge on any atom is -0.444 e. The fourth-order valence-electron chi connectivity index (χ4n) is 4.36. The van der Waals surface area contributed by atoms with Gasteiger partial charge < -0.3 is 19.2 Å². The van der Waals surface area contributed by atoms with Crippen molar-refractivity contribution in [1.82, 2.24) is 5.32 Å². The van der Waals surface area contributed by atoms with Gasteiger partial charge >= 0.3 is 17.7 Å². The predicted molar refractivity (Wildman–Crippen MR) is 150 cm³/mol. The Balaban J connectivity index is 1.61. The molecule has 1 amide bonds. The fourth-order valence-corrected chi connectivity index (χ4v) is 4.36. The average Bonchev–Trinajstić information content (AvgIpc) is 2.88. The van der Waals surface area contributed by atoms with Crippen molar-refractivity contribution in [2.75, 3.05) is 0 Å². The van der Waals surface area contributed by atoms with Crippen LogP contribution in [0.3, 0.4) is 0 Å². The molecule has 0 bridgehead atoms. The van der Waals surface area contributed by atoms with Gasteiger partial charge in [-0.15, -0.1) is 0 Å². The highest BCUT2D eigenvalue weighted by atomic mass is 16.6. The number of hydrogen-bond acceptors (Lipinski definition) is 6. The van der Waals surface area contributed by atoms with E-state index in [1.165, 1.54) is 0 Å². The van der Waals surface area contributed by atoms with Crippen molar-refractivity contribution >= 4 is 23.0 Å². The molecule has 3 aromatic carbocycles. The number of benzene rings is 3. The van der Waals surface area contributed by atoms with E-state index >= 15 is 0 Å². The summed E-state index contributed by atoms with van der Waals surface area (Å²) in [5.74, 6) is -0.415. The number of carbonyl (C=O) groups is 2. The first kappa shape index (κ1) is 27.6. The SMILES string of the molecule is Cc1c(Cc2ccccc2)c(=O)oc2c(C)c(OC(=O)[C@H](Cc3ccccc3)NC(=O)OC(C)(C)C)ccc12. The maximum absolute atomic E-state index is 13.3. The minimum atomic E-state index is -1.00. The minimum absolute atomic E-state index is 0.211. The summed E-state index contributed by atoms with van der Waals surface area (Å²) in [6.45, 7) is 8.87. The number of fused-ring (bicyclic) bond motifs is 1. The molecule has 0 aliphatic heterocycles. The Morgan fingerprint density at radius 3 is 2.10 bits per heavy atom. The van der Waals surface area contributed by atoms with Crippen LogP contribution in [0.2, 0.25) is 0 Å². The summed E-state index contributed by atoms with van der Waals surface area (Å²) < 4.78 is 16.9. The lowest BCUT2D eigenvalue weighted by atomic mass is 9.98. The Hall–Kier alpha value is -4.39. The molecular weight excluding hydrogens is 494 g/mol. The van der Waals surface area contributed by atoms with E-state index in [0.717, 1.165) is 22.1 Å². The van der Waals surface area contributed by atoms with Crippen LogP contribution in [-0.4, -0.2) is 23.7 Å². The molecular formula is C32H33NO6. The van der Waals surface area contributed by atoms with E-state index in [4.69, 9.17) is 13.9 Å². The molecule has 0 aliphatic rings. The van der Waals surface area contributed by atoms with E-state index in [1.807, 2.05) is 67.6 Å². The lowest BCUT2D eigenvalue weighted by Gasteiger charge is -2.23. The van der Waals surface area contributed by atoms with E-state index in [1.54, 1.807) is 39.8 Å². The van der Waals surface area contributed by atoms with Crippen LogP contribution in [0, 0.1) is 13.8 Å². The highest BCUT2D eigenvalue weighted by molar-refractivity contribution is 5.88. The zero-order chi connectivity index (χ0) is 28.2. The highest BCUT2D eigenvalue weighted by Crippen LogP contribution is 2.30. The molecule has 0 saturated heterocycles. The monoisotopic (exact) mass is 527 g/mol. The normalized spacial score (nSPS) is 12.1. The van der Waals surface area contributed by atoms with E-state index in [0.29, 0.717) is 23.1 Å². The van der Waals surface area contributed by atoms with Gasteiger partial charge in [0.2, 0.25) is 0 Å². The van der Waals surface area contributed by atoms with Gasteiger partial charge in [-0.2, -0.15) is 0 Å². The number of hydrogen-bond donors (Lipinski definition) is 1. The van der Waals surface area contributed by atoms with Crippen LogP contribution in [-0.2, 0) is 22.4 Å². The van der Waals surface area contributed by atoms with Gasteiger partial charge in [0.25, 0.3) is 0 Å². The highest BCUT2D eigenvalue weighted by Gasteiger charge is 2.27. The molecule has 4 aromatic rings. The van der Waals surface area contributed by atoms with Crippen molar-refractivity contribution in [3.8, 4) is 5.75 Å². The summed E-state index contributed by atoms with van der Waals surface area (Å²) >= 11 is 0. The Morgan fingerprint density at radius 2 is 1.49 bits per heavy atom. The van der Waals surface area contributed by atoms with Gasteiger partial charge in [0, 0.05) is 29.4 Å². The molecule has 0 unspecified atom stereocenters. The maximum Gasteiger partial charge on any atom is 0.408 e. The molecule has 0 spiro atoms. The summed E-state index contributed by atoms with van der Waals surface area (Å²) in [7, 11) is 0. The number of alkyl carbamates (subject to hydrolysis) is 1. The van der Waals surface area contributed by atoms with Gasteiger partial charge in [-0.3, -0.25) is 0 Å². The Morgan fingerprint density at radius 1 is 0.872 bits per heavy atom. The predicted octanol–water partition coefficient (Wildman–Crippen LogP) is 6.04. The van der Waals surface area contributed by atoms with Crippen LogP contribution in [0.4, 0.5) is 4.79 Å². The Labute approximate surface area is 227 Å². The largest absolute Gasteiger partial charge is 0.444 e. The first-order valence-corrected chi connectivity index (χ1v) is 12.9. The summed E-state index contributed by atoms with van der Waals surface area (Å²) in [5, 5.41) is 3.41. The number of ether oxygens (including phenoxy) is 2. The summed E-state index contributed by atoms with van der Waals surface area (Å²) in [4.78, 5) is 38.8. The van der Waals surface area contributed by atoms with E-state index in [2.05, 4.69) is 5.32 Å². The molecule has 0 fully saturated rings. The summed E-state index contributed by atoms with van der Waals surface area (Å²) in [6.07, 6.45) is -0.0518. The first-order chi connectivity index (χ1) is 18.5. The van der Waals surface area contributed by atoms with Crippen LogP contribution >= 0.6 is 0 Å². The molecule has 0 aliphatic carbocycles. The molecule has 4 rings (SSSR count). The van der Waals surface area contributed by atoms with Gasteiger partial charge in [-0.25, -0.2) is 14.4 Å². The summed E-state index contributed by atoms with van der Waals surface area (Å²) in [5.41, 5.74) is 2.98. The van der Waals surface area contributed by atoms with Crippen molar-refractivity contribution in [3.63, 3.8) is 0 Å². The molecule has 1 heterocycles. The molecule has 1 atom stereocenters. The molecule has 0 saturated carbocycles. The van der Waals surface area contributed by atoms with Crippen LogP contribution in [0.1, 0.15) is 48.6 Å². The molecule has 7 heteroatoms. The topological polar surface area (TPSA) is 94.8 Å². The molecule has 0 radical (unpaired) electrons. The summed E-state index contributed by atoms with van der Waals surface area (Å²) in [6, 6.07) is 21.5. The molecule has 7 nitrogen and oxygen atoms in total. The van der Waals surface area contributed by atoms with Gasteiger partial charge in [0.05, 0.1) is 0 Å². The van der Waals surface area contributed by atoms with Gasteiger partial charge in [-0.05, 0) is 63.4 Å². The lowest BCUT2D eigenvalue weighted by molar-refractivity contribution is -0.136. The van der Waals surface area contributed by atoms with E-state index in [9.17, 15) is 14.4 Å². The third kappa shape index (κ3) is 6.93. The average molecular weight is 528 g/mol. The second-order valence-electron chi connectivity index (χ2n) is 10.5. The fraction of sp³-hybridized carbons (Fsp3) is 0.281. The first-order valence-electron chi connectivity index (χ1n) is 12.9. The van der Waals surface area contributed by atoms with Crippen molar-refractivity contribution < 1.29 is 23.5 Å². The van der Waals surface area contributed by atoms with Gasteiger partial charge in [0.15, 0.2) is 0 Å². The van der Waals surface area contributed by atoms with Crippen LogP contribution in [0.15, 0.2) is 82.0 Å². The van der Waals surface area contributed by atoms with E-state index in [-0.39, 0.29) is 12.2 Å². The van der Waals surface area contributed by atoms with Crippen molar-refractivity contribution in [3.05, 3.63) is 111 Å². The standard InChI is InChI=1S/C32H33NO6/c1-20-24-16-17-27(21(2)28(24)38-29(34)25(20)18-22-12-8-6-9-13-22)37-30(35)26(19-23-14-10-7-11-15-23)33-31(36)39-32(3,4)5/h6-17,26H,18-19H2,1-5H3,(H,33,36)/t26-/m0/s1. The third-order valence-corrected chi connectivity index (χ3v) is 6.35. The number of esters is 1. The zero-order valence-electron chi connectivity index (χ0n) is 22.9. The second kappa shape index (κ2) is 11.6. The Kier molecular flexibility index (Phi) is 8.19. The zero-order valence-corrected chi connectivity index (χ0v) is 22.9. The van der Waals surface area contributed by atoms with Crippen molar-refractivity contribution in [1.29, 1.82) is 0 Å². The number of nitrogens with one attached hydrogen (secondary N) is 1. The number of aryl methyl sites for hydroxylation is 2. The maximum atomic E-state index is 13.3. The molecule has 39 heavy (non-hydrogen) atoms. The van der Waals surface area contributed by atoms with Crippen molar-refractivity contribution in [2.24, 2.45) is 0 Å². The van der Waals surface area contributed by atoms with E-state index < -0.39 is 29.3 Å². The van der Waals surface area contributed by atoms with Crippen LogP contribution in [0.25, 0.3) is 11.0 Å². The molecule has 1 N–H and O–H groups in total.